The Labute approximate surface area is 176 Å². The van der Waals surface area contributed by atoms with Crippen molar-refractivity contribution in [2.45, 2.75) is 77.0 Å². The summed E-state index contributed by atoms with van der Waals surface area (Å²) >= 11 is 0. The van der Waals surface area contributed by atoms with E-state index >= 15 is 0 Å². The molecule has 2 saturated heterocycles. The van der Waals surface area contributed by atoms with Crippen LogP contribution in [0.25, 0.3) is 10.8 Å². The molecular weight excluding hydrogens is 354 g/mol. The maximum atomic E-state index is 6.62. The van der Waals surface area contributed by atoms with Gasteiger partial charge in [-0.1, -0.05) is 68.7 Å². The van der Waals surface area contributed by atoms with Gasteiger partial charge in [0.2, 0.25) is 0 Å². The summed E-state index contributed by atoms with van der Waals surface area (Å²) in [4.78, 5) is 0. The molecule has 2 nitrogen and oxygen atoms in total. The highest BCUT2D eigenvalue weighted by Crippen LogP contribution is 2.61. The summed E-state index contributed by atoms with van der Waals surface area (Å²) in [5.74, 6) is 1.66. The van der Waals surface area contributed by atoms with E-state index in [-0.39, 0.29) is 0 Å². The molecule has 3 fully saturated rings. The Bertz CT molecular complexity index is 857. The van der Waals surface area contributed by atoms with Crippen LogP contribution in [0.1, 0.15) is 64.4 Å². The zero-order valence-corrected chi connectivity index (χ0v) is 18.4. The highest BCUT2D eigenvalue weighted by Gasteiger charge is 2.71. The van der Waals surface area contributed by atoms with Crippen LogP contribution in [0.5, 0.6) is 0 Å². The molecule has 5 atom stereocenters. The van der Waals surface area contributed by atoms with Crippen molar-refractivity contribution in [3.8, 4) is 0 Å². The van der Waals surface area contributed by atoms with E-state index in [4.69, 9.17) is 4.74 Å². The fourth-order valence-corrected chi connectivity index (χ4v) is 7.41. The number of benzene rings is 2. The van der Waals surface area contributed by atoms with Gasteiger partial charge in [0.15, 0.2) is 0 Å². The molecule has 0 radical (unpaired) electrons. The van der Waals surface area contributed by atoms with Crippen molar-refractivity contribution in [2.75, 3.05) is 19.7 Å². The second-order valence-corrected chi connectivity index (χ2v) is 10.2. The van der Waals surface area contributed by atoms with Gasteiger partial charge in [-0.3, -0.25) is 0 Å². The fourth-order valence-electron chi connectivity index (χ4n) is 7.41. The minimum absolute atomic E-state index is 0.422. The predicted octanol–water partition coefficient (Wildman–Crippen LogP) is 6.32. The molecule has 2 aromatic rings. The molecule has 1 aliphatic carbocycles. The first-order chi connectivity index (χ1) is 14.2. The zero-order valence-electron chi connectivity index (χ0n) is 18.4. The SMILES string of the molecule is CCCCCCO[C@H]1C[N+]2(Cc3cccc4ccccc34)CC[C@@H]3CC[C@H]1[C@@]32C. The van der Waals surface area contributed by atoms with Crippen molar-refractivity contribution in [1.82, 2.24) is 0 Å². The first-order valence-electron chi connectivity index (χ1n) is 12.1. The van der Waals surface area contributed by atoms with E-state index in [0.29, 0.717) is 11.6 Å². The van der Waals surface area contributed by atoms with Gasteiger partial charge in [0.1, 0.15) is 24.7 Å². The number of hydrogen-bond donors (Lipinski definition) is 0. The highest BCUT2D eigenvalue weighted by atomic mass is 16.5. The second-order valence-electron chi connectivity index (χ2n) is 10.2. The van der Waals surface area contributed by atoms with Crippen molar-refractivity contribution in [3.05, 3.63) is 48.0 Å². The topological polar surface area (TPSA) is 9.23 Å². The quantitative estimate of drug-likeness (QED) is 0.377. The number of unbranched alkanes of at least 4 members (excludes halogenated alkanes) is 3. The van der Waals surface area contributed by atoms with E-state index in [0.717, 1.165) is 18.4 Å². The standard InChI is InChI=1S/C27H38NO/c1-3-4-5-8-18-29-26-20-28(17-16-23-14-15-25(26)27(23,28)2)19-22-12-9-11-21-10-6-7-13-24(21)22/h6-7,9-13,23,25-26H,3-5,8,14-20H2,1-2H3/q+1/t23-,25+,26-,27+,28?/m0/s1. The minimum Gasteiger partial charge on any atom is -0.372 e. The fraction of sp³-hybridized carbons (Fsp3) is 0.630. The molecule has 0 amide bonds. The zero-order chi connectivity index (χ0) is 19.9. The normalized spacial score (nSPS) is 35.4. The van der Waals surface area contributed by atoms with E-state index in [1.807, 2.05) is 0 Å². The van der Waals surface area contributed by atoms with Gasteiger partial charge in [-0.25, -0.2) is 0 Å². The van der Waals surface area contributed by atoms with E-state index in [2.05, 4.69) is 56.3 Å². The summed E-state index contributed by atoms with van der Waals surface area (Å²) < 4.78 is 7.89. The third-order valence-electron chi connectivity index (χ3n) is 8.99. The minimum atomic E-state index is 0.422. The van der Waals surface area contributed by atoms with Crippen molar-refractivity contribution in [2.24, 2.45) is 11.8 Å². The van der Waals surface area contributed by atoms with Crippen LogP contribution < -0.4 is 0 Å². The van der Waals surface area contributed by atoms with Crippen molar-refractivity contribution >= 4 is 10.8 Å². The largest absolute Gasteiger partial charge is 0.372 e. The van der Waals surface area contributed by atoms with Crippen LogP contribution in [0, 0.1) is 11.8 Å². The lowest BCUT2D eigenvalue weighted by Gasteiger charge is -2.44. The summed E-state index contributed by atoms with van der Waals surface area (Å²) in [6.07, 6.45) is 9.91. The average molecular weight is 393 g/mol. The summed E-state index contributed by atoms with van der Waals surface area (Å²) in [6.45, 7) is 9.64. The molecular formula is C27H38NO+. The maximum Gasteiger partial charge on any atom is 0.115 e. The average Bonchev–Trinajstić information content (AvgIpc) is 3.31. The molecule has 0 aromatic heterocycles. The van der Waals surface area contributed by atoms with E-state index in [9.17, 15) is 0 Å². The molecule has 3 aliphatic rings. The molecule has 2 heteroatoms. The Kier molecular flexibility index (Phi) is 5.20. The lowest BCUT2D eigenvalue weighted by molar-refractivity contribution is -0.966. The van der Waals surface area contributed by atoms with Gasteiger partial charge >= 0.3 is 0 Å². The van der Waals surface area contributed by atoms with Crippen molar-refractivity contribution < 1.29 is 9.22 Å². The second kappa shape index (κ2) is 7.71. The Balaban J connectivity index is 1.40. The lowest BCUT2D eigenvalue weighted by atomic mass is 9.83. The molecule has 1 unspecified atom stereocenters. The Morgan fingerprint density at radius 1 is 1.00 bits per heavy atom. The monoisotopic (exact) mass is 392 g/mol. The van der Waals surface area contributed by atoms with Crippen LogP contribution in [0.3, 0.4) is 0 Å². The molecule has 5 rings (SSSR count). The molecule has 2 aromatic carbocycles. The molecule has 0 spiro atoms. The molecule has 0 bridgehead atoms. The number of quaternary nitrogens is 1. The number of nitrogens with zero attached hydrogens (tertiary/aromatic N) is 1. The third-order valence-corrected chi connectivity index (χ3v) is 8.99. The van der Waals surface area contributed by atoms with Crippen molar-refractivity contribution in [3.63, 3.8) is 0 Å². The molecule has 29 heavy (non-hydrogen) atoms. The Morgan fingerprint density at radius 2 is 1.86 bits per heavy atom. The number of ether oxygens (including phenoxy) is 1. The van der Waals surface area contributed by atoms with E-state index in [1.165, 1.54) is 79.8 Å². The number of fused-ring (bicyclic) bond motifs is 1. The first kappa shape index (κ1) is 19.6. The van der Waals surface area contributed by atoms with Gasteiger partial charge in [0, 0.05) is 30.4 Å². The molecule has 1 saturated carbocycles. The number of hydrogen-bond acceptors (Lipinski definition) is 1. The van der Waals surface area contributed by atoms with Crippen molar-refractivity contribution in [1.29, 1.82) is 0 Å². The molecule has 156 valence electrons. The summed E-state index contributed by atoms with van der Waals surface area (Å²) in [6, 6.07) is 15.9. The highest BCUT2D eigenvalue weighted by molar-refractivity contribution is 5.85. The van der Waals surface area contributed by atoms with Crippen LogP contribution >= 0.6 is 0 Å². The van der Waals surface area contributed by atoms with Gasteiger partial charge < -0.3 is 9.22 Å². The smallest absolute Gasteiger partial charge is 0.115 e. The van der Waals surface area contributed by atoms with Crippen LogP contribution in [0.4, 0.5) is 0 Å². The van der Waals surface area contributed by atoms with Gasteiger partial charge in [-0.2, -0.15) is 0 Å². The predicted molar refractivity (Wildman–Crippen MR) is 121 cm³/mol. The molecule has 0 N–H and O–H groups in total. The summed E-state index contributed by atoms with van der Waals surface area (Å²) in [5.41, 5.74) is 1.96. The van der Waals surface area contributed by atoms with Gasteiger partial charge in [0.25, 0.3) is 0 Å². The molecule has 2 heterocycles. The van der Waals surface area contributed by atoms with Crippen LogP contribution in [0.2, 0.25) is 0 Å². The molecule has 2 aliphatic heterocycles. The van der Waals surface area contributed by atoms with Gasteiger partial charge in [-0.15, -0.1) is 0 Å². The summed E-state index contributed by atoms with van der Waals surface area (Å²) in [5, 5.41) is 2.84. The van der Waals surface area contributed by atoms with Gasteiger partial charge in [-0.05, 0) is 37.0 Å². The maximum absolute atomic E-state index is 6.62. The number of rotatable bonds is 8. The lowest BCUT2D eigenvalue weighted by Crippen LogP contribution is -2.57. The van der Waals surface area contributed by atoms with E-state index < -0.39 is 0 Å². The van der Waals surface area contributed by atoms with Crippen LogP contribution in [-0.4, -0.2) is 35.8 Å². The van der Waals surface area contributed by atoms with Crippen LogP contribution in [-0.2, 0) is 11.3 Å². The van der Waals surface area contributed by atoms with Crippen LogP contribution in [0.15, 0.2) is 42.5 Å². The third kappa shape index (κ3) is 3.06. The first-order valence-corrected chi connectivity index (χ1v) is 12.1. The Hall–Kier alpha value is -1.38. The van der Waals surface area contributed by atoms with Gasteiger partial charge in [0.05, 0.1) is 6.54 Å². The Morgan fingerprint density at radius 3 is 2.76 bits per heavy atom. The summed E-state index contributed by atoms with van der Waals surface area (Å²) in [7, 11) is 0. The van der Waals surface area contributed by atoms with E-state index in [1.54, 1.807) is 5.56 Å².